The maximum Gasteiger partial charge on any atom is 0.333 e. The molecule has 4 N–H and O–H groups in total. The van der Waals surface area contributed by atoms with E-state index in [0.29, 0.717) is 86.5 Å². The molecule has 2 aliphatic rings. The van der Waals surface area contributed by atoms with Crippen LogP contribution in [0.2, 0.25) is 0 Å². The predicted octanol–water partition coefficient (Wildman–Crippen LogP) is 11.8. The summed E-state index contributed by atoms with van der Waals surface area (Å²) in [7, 11) is 0. The molecule has 9 rings (SSSR count). The minimum absolute atomic E-state index is 0.00893. The number of phenolic OH excluding ortho intramolecular Hbond substituents is 1. The molecule has 0 saturated carbocycles. The Morgan fingerprint density at radius 3 is 1.04 bits per heavy atom. The Hall–Kier alpha value is -9.95. The first kappa shape index (κ1) is 54.3. The summed E-state index contributed by atoms with van der Waals surface area (Å²) < 4.78 is 15.5. The van der Waals surface area contributed by atoms with Crippen LogP contribution in [-0.4, -0.2) is 66.0 Å². The second-order valence-electron chi connectivity index (χ2n) is 18.7. The van der Waals surface area contributed by atoms with Crippen LogP contribution in [0, 0.1) is 0 Å². The highest BCUT2D eigenvalue weighted by molar-refractivity contribution is 6.32. The molecular formula is C64H55N3O11. The Kier molecular flexibility index (Phi) is 16.8. The van der Waals surface area contributed by atoms with Gasteiger partial charge in [-0.3, -0.25) is 19.2 Å². The molecule has 0 fully saturated rings. The average Bonchev–Trinajstić information content (AvgIpc) is 3.63. The fraction of sp³-hybridized carbons (Fsp3) is 0.141. The van der Waals surface area contributed by atoms with Crippen LogP contribution in [0.1, 0.15) is 101 Å². The van der Waals surface area contributed by atoms with E-state index in [1.54, 1.807) is 87.5 Å². The molecule has 0 aromatic heterocycles. The van der Waals surface area contributed by atoms with Crippen LogP contribution >= 0.6 is 0 Å². The minimum atomic E-state index is -0.416. The largest absolute Gasteiger partial charge is 0.507 e. The van der Waals surface area contributed by atoms with Crippen molar-refractivity contribution in [1.82, 2.24) is 0 Å². The lowest BCUT2D eigenvalue weighted by molar-refractivity contribution is -0.139. The van der Waals surface area contributed by atoms with Crippen LogP contribution in [0.5, 0.6) is 5.75 Å². The smallest absolute Gasteiger partial charge is 0.333 e. The maximum absolute atomic E-state index is 13.9. The molecule has 0 spiro atoms. The van der Waals surface area contributed by atoms with Gasteiger partial charge in [-0.2, -0.15) is 0 Å². The van der Waals surface area contributed by atoms with E-state index in [9.17, 15) is 38.7 Å². The molecule has 14 nitrogen and oxygen atoms in total. The molecule has 0 bridgehead atoms. The third-order valence-corrected chi connectivity index (χ3v) is 12.7. The van der Waals surface area contributed by atoms with Gasteiger partial charge in [0.2, 0.25) is 0 Å². The van der Waals surface area contributed by atoms with Crippen LogP contribution in [0.4, 0.5) is 34.1 Å². The van der Waals surface area contributed by atoms with E-state index < -0.39 is 17.9 Å². The molecule has 14 heteroatoms. The second kappa shape index (κ2) is 24.2. The number of nitrogens with one attached hydrogen (secondary N) is 3. The van der Waals surface area contributed by atoms with Crippen molar-refractivity contribution in [2.75, 3.05) is 35.8 Å². The lowest BCUT2D eigenvalue weighted by Gasteiger charge is -2.23. The summed E-state index contributed by atoms with van der Waals surface area (Å²) in [6.45, 7) is 16.3. The van der Waals surface area contributed by atoms with E-state index in [0.717, 1.165) is 28.1 Å². The maximum atomic E-state index is 13.9. The quantitative estimate of drug-likeness (QED) is 0.0273. The van der Waals surface area contributed by atoms with Crippen molar-refractivity contribution >= 4 is 75.2 Å². The summed E-state index contributed by atoms with van der Waals surface area (Å²) in [5, 5.41) is 20.1. The van der Waals surface area contributed by atoms with Gasteiger partial charge in [0.15, 0.2) is 23.1 Å². The fourth-order valence-corrected chi connectivity index (χ4v) is 8.65. The number of rotatable bonds is 18. The average molecular weight is 1040 g/mol. The predicted molar refractivity (Wildman–Crippen MR) is 299 cm³/mol. The van der Waals surface area contributed by atoms with E-state index in [-0.39, 0.29) is 65.4 Å². The number of aromatic hydroxyl groups is 1. The number of benzene rings is 7. The van der Waals surface area contributed by atoms with Gasteiger partial charge >= 0.3 is 17.9 Å². The number of phenols is 1. The third kappa shape index (κ3) is 12.4. The molecule has 2 aliphatic carbocycles. The molecule has 0 amide bonds. The van der Waals surface area contributed by atoms with Crippen LogP contribution < -0.4 is 16.0 Å². The van der Waals surface area contributed by atoms with Gasteiger partial charge in [0.05, 0.1) is 59.1 Å². The van der Waals surface area contributed by atoms with E-state index in [4.69, 9.17) is 14.2 Å². The topological polar surface area (TPSA) is 203 Å². The van der Waals surface area contributed by atoms with Gasteiger partial charge in [-0.05, 0) is 98.1 Å². The molecule has 78 heavy (non-hydrogen) atoms. The molecule has 0 unspecified atom stereocenters. The fourth-order valence-electron chi connectivity index (χ4n) is 8.65. The molecule has 392 valence electrons. The van der Waals surface area contributed by atoms with Crippen molar-refractivity contribution in [1.29, 1.82) is 0 Å². The van der Waals surface area contributed by atoms with Crippen LogP contribution in [0.25, 0.3) is 0 Å². The van der Waals surface area contributed by atoms with Gasteiger partial charge in [0.1, 0.15) is 5.75 Å². The zero-order valence-electron chi connectivity index (χ0n) is 43.3. The molecule has 7 aromatic rings. The van der Waals surface area contributed by atoms with E-state index in [2.05, 4.69) is 35.7 Å². The number of ether oxygens (including phenoxy) is 3. The highest BCUT2D eigenvalue weighted by atomic mass is 16.5. The molecule has 0 heterocycles. The molecular weight excluding hydrogens is 987 g/mol. The van der Waals surface area contributed by atoms with Crippen molar-refractivity contribution in [2.45, 2.75) is 40.0 Å². The Labute approximate surface area is 451 Å². The highest BCUT2D eigenvalue weighted by Crippen LogP contribution is 2.39. The van der Waals surface area contributed by atoms with Gasteiger partial charge in [0.25, 0.3) is 0 Å². The summed E-state index contributed by atoms with van der Waals surface area (Å²) >= 11 is 0. The molecule has 0 atom stereocenters. The van der Waals surface area contributed by atoms with E-state index >= 15 is 0 Å². The first-order chi connectivity index (χ1) is 37.5. The SMILES string of the molecule is C=C(C)C(=O)OCCc1ccc(Nc2ccc(O)c3c2C(=O)c2ccccc2C3=O)cc1.C=C(C)C(=O)OCCc1ccc(Nc2cccc3c2C(=O)c2cccc(Nc4ccc(CCOC(=O)C(=C)C)cc4)c2C3=O)cc1. The zero-order chi connectivity index (χ0) is 55.6. The van der Waals surface area contributed by atoms with Gasteiger partial charge < -0.3 is 35.3 Å². The monoisotopic (exact) mass is 1040 g/mol. The Balaban J connectivity index is 0.000000219. The standard InChI is InChI=1S/C38H34N2O6.C26H21NO5/c1-23(2)37(43)45-21-19-25-11-15-27(16-12-25)39-31-9-5-7-29-33(31)35(41)30-8-6-10-32(34(30)36(29)42)40-28-17-13-26(14-18-28)20-22-46-38(44)24(3)4;1-15(2)26(31)32-14-13-16-7-9-17(10-8-16)27-20-11-12-21(28)23-22(20)24(29)18-5-3-4-6-19(18)25(23)30/h5-18,39-40H,1,3,19-22H2,2,4H3;3-12,27-28H,1,13-14H2,2H3. The second-order valence-corrected chi connectivity index (χ2v) is 18.7. The molecule has 0 saturated heterocycles. The van der Waals surface area contributed by atoms with Crippen LogP contribution in [0.15, 0.2) is 182 Å². The molecule has 0 radical (unpaired) electrons. The number of anilines is 6. The van der Waals surface area contributed by atoms with Crippen molar-refractivity contribution < 1.29 is 52.9 Å². The summed E-state index contributed by atoms with van der Waals surface area (Å²) in [5.74, 6) is -2.65. The van der Waals surface area contributed by atoms with Crippen molar-refractivity contribution in [3.63, 3.8) is 0 Å². The Morgan fingerprint density at radius 2 is 0.692 bits per heavy atom. The number of esters is 3. The first-order valence-corrected chi connectivity index (χ1v) is 24.9. The summed E-state index contributed by atoms with van der Waals surface area (Å²) in [4.78, 5) is 88.5. The van der Waals surface area contributed by atoms with E-state index in [1.807, 2.05) is 72.8 Å². The van der Waals surface area contributed by atoms with Crippen molar-refractivity contribution in [3.05, 3.63) is 243 Å². The number of hydrogen-bond acceptors (Lipinski definition) is 14. The summed E-state index contributed by atoms with van der Waals surface area (Å²) in [5.41, 5.74) is 9.78. The highest BCUT2D eigenvalue weighted by Gasteiger charge is 2.35. The lowest BCUT2D eigenvalue weighted by Crippen LogP contribution is -2.23. The van der Waals surface area contributed by atoms with Gasteiger partial charge in [-0.15, -0.1) is 0 Å². The Morgan fingerprint density at radius 1 is 0.385 bits per heavy atom. The third-order valence-electron chi connectivity index (χ3n) is 12.7. The lowest BCUT2D eigenvalue weighted by atomic mass is 9.82. The van der Waals surface area contributed by atoms with E-state index in [1.165, 1.54) is 6.07 Å². The summed E-state index contributed by atoms with van der Waals surface area (Å²) in [6, 6.07) is 42.6. The van der Waals surface area contributed by atoms with Crippen LogP contribution in [0.3, 0.4) is 0 Å². The Bertz CT molecular complexity index is 3440. The number of hydrogen-bond donors (Lipinski definition) is 4. The summed E-state index contributed by atoms with van der Waals surface area (Å²) in [6.07, 6.45) is 1.66. The number of ketones is 4. The van der Waals surface area contributed by atoms with Crippen molar-refractivity contribution in [3.8, 4) is 5.75 Å². The van der Waals surface area contributed by atoms with Gasteiger partial charge in [-0.25, -0.2) is 14.4 Å². The molecule has 0 aliphatic heterocycles. The minimum Gasteiger partial charge on any atom is -0.507 e. The first-order valence-electron chi connectivity index (χ1n) is 24.9. The van der Waals surface area contributed by atoms with Crippen LogP contribution in [-0.2, 0) is 47.9 Å². The zero-order valence-corrected chi connectivity index (χ0v) is 43.3. The van der Waals surface area contributed by atoms with Gasteiger partial charge in [-0.1, -0.05) is 105 Å². The van der Waals surface area contributed by atoms with Gasteiger partial charge in [0, 0.05) is 75.3 Å². The number of carbonyl (C=O) groups excluding carboxylic acids is 7. The molecule has 7 aromatic carbocycles. The number of carbonyl (C=O) groups is 7. The van der Waals surface area contributed by atoms with Crippen molar-refractivity contribution in [2.24, 2.45) is 0 Å². The normalized spacial score (nSPS) is 11.8. The number of fused-ring (bicyclic) bond motifs is 4.